The molecule has 3 aromatic rings. The van der Waals surface area contributed by atoms with Gasteiger partial charge in [-0.3, -0.25) is 62.5 Å². The first kappa shape index (κ1) is 73.6. The van der Waals surface area contributed by atoms with Crippen molar-refractivity contribution in [2.45, 2.75) is 155 Å². The number of nitrogens with zero attached hydrogens (tertiary/aromatic N) is 2. The molecule has 89 heavy (non-hydrogen) atoms. The molecular weight excluding hydrogens is 1170 g/mol. The Kier molecular flexibility index (Phi) is 29.6. The van der Waals surface area contributed by atoms with E-state index in [-0.39, 0.29) is 44.6 Å². The summed E-state index contributed by atoms with van der Waals surface area (Å²) in [5.41, 5.74) is 17.7. The van der Waals surface area contributed by atoms with Gasteiger partial charge in [-0.1, -0.05) is 80.0 Å². The molecule has 0 saturated heterocycles. The number of amides is 10. The molecule has 0 bridgehead atoms. The fraction of sp³-hybridized carbons (Fsp3) is 0.554. The van der Waals surface area contributed by atoms with Gasteiger partial charge in [0, 0.05) is 48.4 Å². The Morgan fingerprint density at radius 2 is 1.06 bits per heavy atom. The summed E-state index contributed by atoms with van der Waals surface area (Å²) >= 11 is 0. The number of carbonyl (C=O) groups is 13. The van der Waals surface area contributed by atoms with Crippen LogP contribution in [0.2, 0.25) is 0 Å². The number of aliphatic carboxylic acids is 3. The van der Waals surface area contributed by atoms with Crippen molar-refractivity contribution in [3.05, 3.63) is 54.2 Å². The van der Waals surface area contributed by atoms with E-state index < -0.39 is 181 Å². The quantitative estimate of drug-likeness (QED) is 0.0149. The lowest BCUT2D eigenvalue weighted by molar-refractivity contribution is -0.143. The summed E-state index contributed by atoms with van der Waals surface area (Å²) in [7, 11) is 0. The standard InChI is InChI=1S/C56H85N17O16/c1-9-29(8)46(73-51(84)38(20-42(78)79)69-53(86)43(26(2)3)71-48(81)34(65-39(74)21-57)15-12-16-61-56(58)59)54(87)68-36(18-31-23-60-25-64-31)50(83)72-44(27(4)5)52(85)67-35(17-30-22-62-33-14-11-10-13-32(30)33)49(82)66-37(19-41(76)77)47(80)63-24-40(75)70-45(28(6)7)55(88)89/h10-11,13-14,22-23,25-29,34-38,43-46,62H,9,12,15-21,24,57H2,1-8H3,(H,60,64)(H,63,80)(H,65,74)(H,66,82)(H,67,85)(H,68,87)(H,69,86)(H,70,75)(H,71,81)(H,72,83)(H,73,84)(H,76,77)(H,78,79)(H,88,89)(H4,58,59,61)/t29-,34-,35-,36-,37-,38-,43-,44-,45-,46-/m0/s1. The molecule has 0 radical (unpaired) electrons. The van der Waals surface area contributed by atoms with Gasteiger partial charge < -0.3 is 95.7 Å². The molecule has 21 N–H and O–H groups in total. The predicted octanol–water partition coefficient (Wildman–Crippen LogP) is -3.78. The number of fused-ring (bicyclic) bond motifs is 1. The third-order valence-electron chi connectivity index (χ3n) is 14.1. The van der Waals surface area contributed by atoms with E-state index >= 15 is 0 Å². The number of guanidine groups is 1. The molecule has 0 saturated carbocycles. The molecule has 0 aliphatic heterocycles. The highest BCUT2D eigenvalue weighted by atomic mass is 16.4. The molecule has 0 spiro atoms. The highest BCUT2D eigenvalue weighted by Gasteiger charge is 2.38. The summed E-state index contributed by atoms with van der Waals surface area (Å²) in [4.78, 5) is 188. The minimum absolute atomic E-state index is 0.00594. The summed E-state index contributed by atoms with van der Waals surface area (Å²) in [5.74, 6) is -17.0. The number of rotatable bonds is 38. The third-order valence-corrected chi connectivity index (χ3v) is 14.1. The van der Waals surface area contributed by atoms with Gasteiger partial charge in [0.15, 0.2) is 5.96 Å². The Bertz CT molecular complexity index is 3000. The van der Waals surface area contributed by atoms with Gasteiger partial charge in [0.05, 0.1) is 32.3 Å². The van der Waals surface area contributed by atoms with E-state index in [1.165, 1.54) is 26.4 Å². The number of aliphatic imine (C=N–C) groups is 1. The van der Waals surface area contributed by atoms with Gasteiger partial charge in [-0.25, -0.2) is 9.78 Å². The van der Waals surface area contributed by atoms with Gasteiger partial charge >= 0.3 is 17.9 Å². The monoisotopic (exact) mass is 1250 g/mol. The van der Waals surface area contributed by atoms with Crippen LogP contribution in [0.5, 0.6) is 0 Å². The Morgan fingerprint density at radius 1 is 0.562 bits per heavy atom. The first-order valence-electron chi connectivity index (χ1n) is 28.8. The van der Waals surface area contributed by atoms with Crippen LogP contribution in [-0.2, 0) is 75.2 Å². The number of nitrogens with two attached hydrogens (primary N) is 3. The van der Waals surface area contributed by atoms with Gasteiger partial charge in [-0.15, -0.1) is 0 Å². The molecule has 0 unspecified atom stereocenters. The maximum Gasteiger partial charge on any atom is 0.326 e. The molecule has 0 aliphatic carbocycles. The SMILES string of the molecule is CC[C@H](C)[C@H](NC(=O)[C@H](CC(=O)O)NC(=O)[C@@H](NC(=O)[C@H](CCCN=C(N)N)NC(=O)CN)C(C)C)C(=O)N[C@@H](Cc1cnc[nH]1)C(=O)N[C@H](C(=O)N[C@@H](Cc1c[nH]c2ccccc12)C(=O)N[C@@H](CC(=O)O)C(=O)NCC(=O)N[C@H](C(=O)O)C(C)C)C(C)C. The van der Waals surface area contributed by atoms with E-state index in [1.54, 1.807) is 72.0 Å². The Labute approximate surface area is 512 Å². The van der Waals surface area contributed by atoms with Crippen molar-refractivity contribution in [1.29, 1.82) is 0 Å². The topological polar surface area (TPSA) is 538 Å². The molecule has 2 aromatic heterocycles. The normalized spacial score (nSPS) is 14.6. The fourth-order valence-electron chi connectivity index (χ4n) is 8.97. The Balaban J connectivity index is 1.94. The van der Waals surface area contributed by atoms with Crippen molar-refractivity contribution < 1.29 is 77.6 Å². The van der Waals surface area contributed by atoms with Crippen LogP contribution in [0.4, 0.5) is 0 Å². The number of para-hydroxylation sites is 1. The maximum atomic E-state index is 14.6. The summed E-state index contributed by atoms with van der Waals surface area (Å²) in [5, 5.41) is 54.4. The number of H-pyrrole nitrogens is 2. The number of carbonyl (C=O) groups excluding carboxylic acids is 10. The van der Waals surface area contributed by atoms with Crippen molar-refractivity contribution in [1.82, 2.24) is 68.1 Å². The lowest BCUT2D eigenvalue weighted by Gasteiger charge is -2.30. The number of carboxylic acids is 3. The van der Waals surface area contributed by atoms with E-state index in [9.17, 15) is 77.6 Å². The number of carboxylic acid groups (broad SMARTS) is 3. The smallest absolute Gasteiger partial charge is 0.326 e. The van der Waals surface area contributed by atoms with Gasteiger partial charge in [-0.05, 0) is 48.1 Å². The lowest BCUT2D eigenvalue weighted by atomic mass is 9.96. The van der Waals surface area contributed by atoms with Gasteiger partial charge in [0.1, 0.15) is 54.4 Å². The number of hydrogen-bond acceptors (Lipinski definition) is 16. The van der Waals surface area contributed by atoms with E-state index in [0.717, 1.165) is 0 Å². The molecule has 3 rings (SSSR count). The van der Waals surface area contributed by atoms with E-state index in [4.69, 9.17) is 17.2 Å². The van der Waals surface area contributed by atoms with Gasteiger partial charge in [0.25, 0.3) is 0 Å². The van der Waals surface area contributed by atoms with Crippen molar-refractivity contribution >= 4 is 93.8 Å². The molecule has 10 atom stereocenters. The van der Waals surface area contributed by atoms with Gasteiger partial charge in [0.2, 0.25) is 59.1 Å². The molecule has 1 aromatic carbocycles. The molecule has 33 nitrogen and oxygen atoms in total. The minimum Gasteiger partial charge on any atom is -0.481 e. The molecular formula is C56H85N17O16. The number of imidazole rings is 1. The number of benzene rings is 1. The summed E-state index contributed by atoms with van der Waals surface area (Å²) in [6.45, 7) is 11.4. The van der Waals surface area contributed by atoms with Crippen LogP contribution < -0.4 is 70.4 Å². The molecule has 490 valence electrons. The van der Waals surface area contributed by atoms with Crippen molar-refractivity contribution in [2.75, 3.05) is 19.6 Å². The first-order valence-corrected chi connectivity index (χ1v) is 28.8. The molecule has 2 heterocycles. The van der Waals surface area contributed by atoms with E-state index in [0.29, 0.717) is 22.2 Å². The van der Waals surface area contributed by atoms with Crippen LogP contribution in [-0.4, -0.2) is 187 Å². The lowest BCUT2D eigenvalue weighted by Crippen LogP contribution is -2.62. The van der Waals surface area contributed by atoms with Crippen LogP contribution in [0.3, 0.4) is 0 Å². The Hall–Kier alpha value is -9.69. The second kappa shape index (κ2) is 35.8. The van der Waals surface area contributed by atoms with Crippen LogP contribution in [0.15, 0.2) is 48.0 Å². The van der Waals surface area contributed by atoms with E-state index in [1.807, 2.05) is 0 Å². The van der Waals surface area contributed by atoms with Crippen LogP contribution >= 0.6 is 0 Å². The van der Waals surface area contributed by atoms with Gasteiger partial charge in [-0.2, -0.15) is 0 Å². The minimum atomic E-state index is -1.86. The third kappa shape index (κ3) is 24.2. The number of nitrogens with one attached hydrogen (secondary N) is 12. The zero-order valence-corrected chi connectivity index (χ0v) is 50.9. The fourth-order valence-corrected chi connectivity index (χ4v) is 8.97. The zero-order chi connectivity index (χ0) is 66.8. The number of hydrogen-bond donors (Lipinski definition) is 18. The van der Waals surface area contributed by atoms with Crippen LogP contribution in [0.25, 0.3) is 10.9 Å². The molecule has 10 amide bonds. The average molecular weight is 1250 g/mol. The Morgan fingerprint density at radius 3 is 1.57 bits per heavy atom. The summed E-state index contributed by atoms with van der Waals surface area (Å²) in [6.07, 6.45) is 2.08. The first-order chi connectivity index (χ1) is 41.9. The maximum absolute atomic E-state index is 14.6. The molecule has 0 fully saturated rings. The average Bonchev–Trinajstić information content (AvgIpc) is 2.41. The summed E-state index contributed by atoms with van der Waals surface area (Å²) < 4.78 is 0. The van der Waals surface area contributed by atoms with Crippen molar-refractivity contribution in [2.24, 2.45) is 45.9 Å². The second-order valence-corrected chi connectivity index (χ2v) is 22.2. The number of aromatic amines is 2. The highest BCUT2D eigenvalue weighted by Crippen LogP contribution is 2.20. The molecule has 33 heteroatoms. The second-order valence-electron chi connectivity index (χ2n) is 22.2. The number of aromatic nitrogens is 3. The van der Waals surface area contributed by atoms with Crippen molar-refractivity contribution in [3.63, 3.8) is 0 Å². The molecule has 0 aliphatic rings. The summed E-state index contributed by atoms with van der Waals surface area (Å²) in [6, 6.07) is -6.87. The van der Waals surface area contributed by atoms with Crippen LogP contribution in [0, 0.1) is 23.7 Å². The van der Waals surface area contributed by atoms with Crippen LogP contribution in [0.1, 0.15) is 98.8 Å². The van der Waals surface area contributed by atoms with E-state index in [2.05, 4.69) is 73.1 Å². The van der Waals surface area contributed by atoms with Crippen molar-refractivity contribution in [3.8, 4) is 0 Å². The highest BCUT2D eigenvalue weighted by molar-refractivity contribution is 6.00. The largest absolute Gasteiger partial charge is 0.481 e. The zero-order valence-electron chi connectivity index (χ0n) is 50.9. The predicted molar refractivity (Wildman–Crippen MR) is 320 cm³/mol.